The van der Waals surface area contributed by atoms with E-state index in [0.29, 0.717) is 6.42 Å². The normalized spacial score (nSPS) is 12.1. The van der Waals surface area contributed by atoms with Crippen molar-refractivity contribution in [2.45, 2.75) is 32.7 Å². The van der Waals surface area contributed by atoms with Gasteiger partial charge in [-0.3, -0.25) is 0 Å². The summed E-state index contributed by atoms with van der Waals surface area (Å²) in [5, 5.41) is 11.5. The molecule has 0 saturated carbocycles. The van der Waals surface area contributed by atoms with Crippen molar-refractivity contribution >= 4 is 0 Å². The van der Waals surface area contributed by atoms with Gasteiger partial charge < -0.3 is 5.32 Å². The van der Waals surface area contributed by atoms with Crippen molar-refractivity contribution in [1.82, 2.24) is 15.5 Å². The van der Waals surface area contributed by atoms with Crippen LogP contribution < -0.4 is 5.32 Å². The zero-order chi connectivity index (χ0) is 11.3. The fourth-order valence-electron chi connectivity index (χ4n) is 1.60. The summed E-state index contributed by atoms with van der Waals surface area (Å²) in [5.74, 6) is 2.68. The molecule has 0 aromatic carbocycles. The number of nitrogens with one attached hydrogen (secondary N) is 1. The molecule has 1 aromatic rings. The van der Waals surface area contributed by atoms with Gasteiger partial charge in [-0.15, -0.1) is 12.3 Å². The zero-order valence-corrected chi connectivity index (χ0v) is 9.54. The maximum Gasteiger partial charge on any atom is 0.0676 e. The van der Waals surface area contributed by atoms with Gasteiger partial charge in [0.15, 0.2) is 0 Å². The van der Waals surface area contributed by atoms with Crippen molar-refractivity contribution in [3.05, 3.63) is 23.0 Å². The average molecular weight is 203 g/mol. The van der Waals surface area contributed by atoms with Crippen LogP contribution in [-0.2, 0) is 6.42 Å². The van der Waals surface area contributed by atoms with Gasteiger partial charge in [-0.05, 0) is 32.0 Å². The number of hydrogen-bond donors (Lipinski definition) is 1. The lowest BCUT2D eigenvalue weighted by atomic mass is 10.0. The molecular formula is C12H17N3. The highest BCUT2D eigenvalue weighted by atomic mass is 15.1. The van der Waals surface area contributed by atoms with Crippen LogP contribution >= 0.6 is 0 Å². The maximum atomic E-state index is 5.35. The van der Waals surface area contributed by atoms with E-state index < -0.39 is 0 Å². The van der Waals surface area contributed by atoms with Gasteiger partial charge in [0.25, 0.3) is 0 Å². The molecule has 15 heavy (non-hydrogen) atoms. The highest BCUT2D eigenvalue weighted by molar-refractivity contribution is 5.25. The molecular weight excluding hydrogens is 186 g/mol. The molecule has 0 aliphatic heterocycles. The Morgan fingerprint density at radius 1 is 1.53 bits per heavy atom. The minimum Gasteiger partial charge on any atom is -0.312 e. The van der Waals surface area contributed by atoms with E-state index in [4.69, 9.17) is 6.42 Å². The Bertz CT molecular complexity index is 366. The summed E-state index contributed by atoms with van der Waals surface area (Å²) in [5.41, 5.74) is 3.13. The van der Waals surface area contributed by atoms with E-state index >= 15 is 0 Å². The third-order valence-electron chi connectivity index (χ3n) is 2.41. The van der Waals surface area contributed by atoms with E-state index in [2.05, 4.69) is 34.4 Å². The molecule has 0 saturated heterocycles. The predicted molar refractivity (Wildman–Crippen MR) is 61.4 cm³/mol. The zero-order valence-electron chi connectivity index (χ0n) is 9.54. The topological polar surface area (TPSA) is 37.8 Å². The molecule has 0 radical (unpaired) electrons. The Labute approximate surface area is 91.3 Å². The summed E-state index contributed by atoms with van der Waals surface area (Å²) in [6.07, 6.45) is 6.90. The number of aryl methyl sites for hydroxylation is 2. The Balaban J connectivity index is 3.09. The predicted octanol–water partition coefficient (Wildman–Crippen LogP) is 1.63. The summed E-state index contributed by atoms with van der Waals surface area (Å²) in [6, 6.07) is 2.24. The number of rotatable bonds is 4. The third-order valence-corrected chi connectivity index (χ3v) is 2.41. The maximum absolute atomic E-state index is 5.35. The molecule has 0 aliphatic carbocycles. The van der Waals surface area contributed by atoms with E-state index in [-0.39, 0.29) is 6.04 Å². The van der Waals surface area contributed by atoms with E-state index in [1.165, 1.54) is 5.56 Å². The van der Waals surface area contributed by atoms with Crippen molar-refractivity contribution in [3.8, 4) is 12.3 Å². The highest BCUT2D eigenvalue weighted by Crippen LogP contribution is 2.19. The smallest absolute Gasteiger partial charge is 0.0676 e. The lowest BCUT2D eigenvalue weighted by Gasteiger charge is -2.16. The first kappa shape index (κ1) is 11.7. The van der Waals surface area contributed by atoms with Crippen LogP contribution in [0.15, 0.2) is 6.07 Å². The quantitative estimate of drug-likeness (QED) is 0.756. The van der Waals surface area contributed by atoms with Crippen LogP contribution in [0.2, 0.25) is 0 Å². The number of terminal acetylenes is 1. The van der Waals surface area contributed by atoms with Crippen LogP contribution in [-0.4, -0.2) is 17.2 Å². The molecule has 1 rings (SSSR count). The Morgan fingerprint density at radius 3 is 2.80 bits per heavy atom. The van der Waals surface area contributed by atoms with Gasteiger partial charge in [-0.1, -0.05) is 6.92 Å². The standard InChI is InChI=1S/C12H17N3/c1-5-7-12(13-4)10-8-9(3)14-15-11(10)6-2/h1,8,12-13H,6-7H2,2-4H3. The van der Waals surface area contributed by atoms with Gasteiger partial charge in [0, 0.05) is 12.5 Å². The molecule has 1 N–H and O–H groups in total. The molecule has 1 atom stereocenters. The van der Waals surface area contributed by atoms with Crippen LogP contribution in [0.5, 0.6) is 0 Å². The first-order valence-corrected chi connectivity index (χ1v) is 5.16. The minimum absolute atomic E-state index is 0.180. The second kappa shape index (κ2) is 5.47. The molecule has 0 bridgehead atoms. The largest absolute Gasteiger partial charge is 0.312 e. The first-order valence-electron chi connectivity index (χ1n) is 5.16. The van der Waals surface area contributed by atoms with E-state index in [0.717, 1.165) is 17.8 Å². The number of hydrogen-bond acceptors (Lipinski definition) is 3. The minimum atomic E-state index is 0.180. The second-order valence-electron chi connectivity index (χ2n) is 3.49. The monoisotopic (exact) mass is 203 g/mol. The molecule has 3 heteroatoms. The van der Waals surface area contributed by atoms with Gasteiger partial charge in [0.1, 0.15) is 0 Å². The van der Waals surface area contributed by atoms with Crippen LogP contribution in [0.3, 0.4) is 0 Å². The summed E-state index contributed by atoms with van der Waals surface area (Å²) in [7, 11) is 1.91. The number of aromatic nitrogens is 2. The molecule has 0 amide bonds. The van der Waals surface area contributed by atoms with E-state index in [1.54, 1.807) is 0 Å². The molecule has 1 unspecified atom stereocenters. The third kappa shape index (κ3) is 2.77. The summed E-state index contributed by atoms with van der Waals surface area (Å²) in [4.78, 5) is 0. The van der Waals surface area contributed by atoms with Crippen LogP contribution in [0.1, 0.15) is 36.3 Å². The molecule has 3 nitrogen and oxygen atoms in total. The van der Waals surface area contributed by atoms with Gasteiger partial charge in [0.05, 0.1) is 11.4 Å². The molecule has 1 aromatic heterocycles. The Kier molecular flexibility index (Phi) is 4.26. The van der Waals surface area contributed by atoms with Crippen molar-refractivity contribution in [2.24, 2.45) is 0 Å². The first-order chi connectivity index (χ1) is 7.22. The molecule has 80 valence electrons. The Hall–Kier alpha value is -1.40. The average Bonchev–Trinajstić information content (AvgIpc) is 2.26. The summed E-state index contributed by atoms with van der Waals surface area (Å²) >= 11 is 0. The fourth-order valence-corrected chi connectivity index (χ4v) is 1.60. The van der Waals surface area contributed by atoms with Gasteiger partial charge in [0.2, 0.25) is 0 Å². The van der Waals surface area contributed by atoms with E-state index in [9.17, 15) is 0 Å². The van der Waals surface area contributed by atoms with Crippen molar-refractivity contribution in [3.63, 3.8) is 0 Å². The fraction of sp³-hybridized carbons (Fsp3) is 0.500. The number of nitrogens with zero attached hydrogens (tertiary/aromatic N) is 2. The molecule has 0 spiro atoms. The summed E-state index contributed by atoms with van der Waals surface area (Å²) < 4.78 is 0. The van der Waals surface area contributed by atoms with Gasteiger partial charge in [-0.2, -0.15) is 10.2 Å². The highest BCUT2D eigenvalue weighted by Gasteiger charge is 2.13. The molecule has 0 fully saturated rings. The van der Waals surface area contributed by atoms with Crippen LogP contribution in [0.4, 0.5) is 0 Å². The lowest BCUT2D eigenvalue weighted by molar-refractivity contribution is 0.596. The van der Waals surface area contributed by atoms with Gasteiger partial charge in [-0.25, -0.2) is 0 Å². The van der Waals surface area contributed by atoms with Crippen molar-refractivity contribution < 1.29 is 0 Å². The van der Waals surface area contributed by atoms with Crippen molar-refractivity contribution in [2.75, 3.05) is 7.05 Å². The van der Waals surface area contributed by atoms with Crippen molar-refractivity contribution in [1.29, 1.82) is 0 Å². The van der Waals surface area contributed by atoms with E-state index in [1.807, 2.05) is 14.0 Å². The SMILES string of the molecule is C#CCC(NC)c1cc(C)nnc1CC. The van der Waals surface area contributed by atoms with Crippen LogP contribution in [0, 0.1) is 19.3 Å². The molecule has 0 aliphatic rings. The second-order valence-corrected chi connectivity index (χ2v) is 3.49. The van der Waals surface area contributed by atoms with Crippen LogP contribution in [0.25, 0.3) is 0 Å². The summed E-state index contributed by atoms with van der Waals surface area (Å²) in [6.45, 7) is 4.02. The Morgan fingerprint density at radius 2 is 2.27 bits per heavy atom. The molecule has 1 heterocycles. The lowest BCUT2D eigenvalue weighted by Crippen LogP contribution is -2.18. The van der Waals surface area contributed by atoms with Gasteiger partial charge >= 0.3 is 0 Å².